The molecule has 1 atom stereocenters. The number of nitrogens with zero attached hydrogens (tertiary/aromatic N) is 1. The molecule has 5 heteroatoms. The summed E-state index contributed by atoms with van der Waals surface area (Å²) in [4.78, 5) is 25.2. The molecule has 1 aromatic carbocycles. The van der Waals surface area contributed by atoms with Crippen molar-refractivity contribution in [2.75, 3.05) is 13.7 Å². The quantitative estimate of drug-likeness (QED) is 0.433. The lowest BCUT2D eigenvalue weighted by atomic mass is 9.81. The number of rotatable bonds is 10. The zero-order chi connectivity index (χ0) is 20.5. The van der Waals surface area contributed by atoms with Crippen LogP contribution in [-0.2, 0) is 20.9 Å². The molecule has 0 aliphatic carbocycles. The average Bonchev–Trinajstić information content (AvgIpc) is 2.58. The summed E-state index contributed by atoms with van der Waals surface area (Å²) in [6.07, 6.45) is 2.76. The van der Waals surface area contributed by atoms with Crippen LogP contribution in [0.25, 0.3) is 0 Å². The highest BCUT2D eigenvalue weighted by molar-refractivity contribution is 5.73. The standard InChI is InChI=1S/C22H35NO4/c1-21(2,3)27-20(25)23(6)19(16-24)15-22(4,5)13-10-14-26-17-18-11-8-7-9-12-18/h7-9,11-12,16,19H,10,13-15,17H2,1-6H3/t19-/m1/s1. The molecular weight excluding hydrogens is 342 g/mol. The summed E-state index contributed by atoms with van der Waals surface area (Å²) < 4.78 is 11.1. The van der Waals surface area contributed by atoms with E-state index in [2.05, 4.69) is 13.8 Å². The van der Waals surface area contributed by atoms with Gasteiger partial charge in [-0.25, -0.2) is 4.79 Å². The molecule has 0 aromatic heterocycles. The maximum absolute atomic E-state index is 12.2. The topological polar surface area (TPSA) is 55.8 Å². The fourth-order valence-electron chi connectivity index (χ4n) is 2.83. The largest absolute Gasteiger partial charge is 0.444 e. The molecule has 0 aliphatic rings. The number of hydrogen-bond acceptors (Lipinski definition) is 4. The first kappa shape index (κ1) is 23.2. The van der Waals surface area contributed by atoms with Crippen molar-refractivity contribution in [1.29, 1.82) is 0 Å². The maximum Gasteiger partial charge on any atom is 0.410 e. The first-order valence-corrected chi connectivity index (χ1v) is 9.57. The van der Waals surface area contributed by atoms with E-state index < -0.39 is 17.7 Å². The summed E-state index contributed by atoms with van der Waals surface area (Å²) in [5.41, 5.74) is 0.499. The molecule has 0 N–H and O–H groups in total. The molecule has 1 rings (SSSR count). The lowest BCUT2D eigenvalue weighted by molar-refractivity contribution is -0.113. The van der Waals surface area contributed by atoms with Gasteiger partial charge < -0.3 is 19.2 Å². The molecule has 0 aliphatic heterocycles. The summed E-state index contributed by atoms with van der Waals surface area (Å²) in [6, 6.07) is 9.59. The minimum atomic E-state index is -0.579. The Hall–Kier alpha value is -1.88. The number of carbonyl (C=O) groups is 2. The molecule has 1 aromatic rings. The van der Waals surface area contributed by atoms with E-state index in [9.17, 15) is 9.59 Å². The fraction of sp³-hybridized carbons (Fsp3) is 0.636. The number of ether oxygens (including phenoxy) is 2. The van der Waals surface area contributed by atoms with Crippen LogP contribution < -0.4 is 0 Å². The maximum atomic E-state index is 12.2. The highest BCUT2D eigenvalue weighted by Crippen LogP contribution is 2.29. The number of hydrogen-bond donors (Lipinski definition) is 0. The van der Waals surface area contributed by atoms with E-state index in [4.69, 9.17) is 9.47 Å². The summed E-state index contributed by atoms with van der Waals surface area (Å²) in [5.74, 6) is 0. The van der Waals surface area contributed by atoms with Crippen LogP contribution in [-0.4, -0.2) is 42.6 Å². The Balaban J connectivity index is 2.41. The van der Waals surface area contributed by atoms with Gasteiger partial charge in [0, 0.05) is 13.7 Å². The lowest BCUT2D eigenvalue weighted by Gasteiger charge is -2.33. The number of aldehydes is 1. The monoisotopic (exact) mass is 377 g/mol. The summed E-state index contributed by atoms with van der Waals surface area (Å²) >= 11 is 0. The van der Waals surface area contributed by atoms with Gasteiger partial charge in [0.05, 0.1) is 12.6 Å². The van der Waals surface area contributed by atoms with Crippen LogP contribution in [0.4, 0.5) is 4.79 Å². The Labute approximate surface area is 164 Å². The van der Waals surface area contributed by atoms with Crippen molar-refractivity contribution >= 4 is 12.4 Å². The van der Waals surface area contributed by atoms with E-state index in [1.54, 1.807) is 7.05 Å². The summed E-state index contributed by atoms with van der Waals surface area (Å²) in [5, 5.41) is 0. The molecule has 0 radical (unpaired) electrons. The normalized spacial score (nSPS) is 13.1. The molecule has 0 bridgehead atoms. The predicted octanol–water partition coefficient (Wildman–Crippen LogP) is 4.83. The van der Waals surface area contributed by atoms with Crippen LogP contribution in [0.3, 0.4) is 0 Å². The first-order valence-electron chi connectivity index (χ1n) is 9.57. The van der Waals surface area contributed by atoms with Crippen molar-refractivity contribution in [3.05, 3.63) is 35.9 Å². The molecular formula is C22H35NO4. The van der Waals surface area contributed by atoms with Crippen molar-refractivity contribution in [2.45, 2.75) is 72.1 Å². The Morgan fingerprint density at radius 1 is 1.15 bits per heavy atom. The van der Waals surface area contributed by atoms with Crippen LogP contribution >= 0.6 is 0 Å². The van der Waals surface area contributed by atoms with Crippen molar-refractivity contribution in [3.63, 3.8) is 0 Å². The number of amides is 1. The Kier molecular flexibility index (Phi) is 8.97. The minimum Gasteiger partial charge on any atom is -0.444 e. The third kappa shape index (κ3) is 9.57. The van der Waals surface area contributed by atoms with Gasteiger partial charge in [-0.3, -0.25) is 0 Å². The molecule has 0 saturated heterocycles. The highest BCUT2D eigenvalue weighted by atomic mass is 16.6. The van der Waals surface area contributed by atoms with Gasteiger partial charge in [0.15, 0.2) is 0 Å². The SMILES string of the molecule is CN(C(=O)OC(C)(C)C)[C@@H](C=O)CC(C)(C)CCCOCc1ccccc1. The van der Waals surface area contributed by atoms with Crippen LogP contribution in [0, 0.1) is 5.41 Å². The number of likely N-dealkylation sites (N-methyl/N-ethyl adjacent to an activating group) is 1. The van der Waals surface area contributed by atoms with Crippen molar-refractivity contribution in [3.8, 4) is 0 Å². The minimum absolute atomic E-state index is 0.0854. The van der Waals surface area contributed by atoms with Crippen molar-refractivity contribution in [1.82, 2.24) is 4.90 Å². The van der Waals surface area contributed by atoms with Crippen LogP contribution in [0.5, 0.6) is 0 Å². The Morgan fingerprint density at radius 2 is 1.78 bits per heavy atom. The van der Waals surface area contributed by atoms with Gasteiger partial charge in [0.1, 0.15) is 11.9 Å². The van der Waals surface area contributed by atoms with E-state index in [1.165, 1.54) is 4.90 Å². The Morgan fingerprint density at radius 3 is 2.33 bits per heavy atom. The second kappa shape index (κ2) is 10.5. The van der Waals surface area contributed by atoms with E-state index in [0.717, 1.165) is 24.7 Å². The molecule has 0 unspecified atom stereocenters. The molecule has 0 spiro atoms. The van der Waals surface area contributed by atoms with Crippen LogP contribution in [0.2, 0.25) is 0 Å². The van der Waals surface area contributed by atoms with Gasteiger partial charge in [-0.05, 0) is 51.0 Å². The van der Waals surface area contributed by atoms with Crippen LogP contribution in [0.15, 0.2) is 30.3 Å². The number of benzene rings is 1. The van der Waals surface area contributed by atoms with Gasteiger partial charge in [-0.1, -0.05) is 44.2 Å². The van der Waals surface area contributed by atoms with Gasteiger partial charge >= 0.3 is 6.09 Å². The molecule has 0 heterocycles. The van der Waals surface area contributed by atoms with E-state index in [1.807, 2.05) is 51.1 Å². The van der Waals surface area contributed by atoms with Gasteiger partial charge in [0.25, 0.3) is 0 Å². The first-order chi connectivity index (χ1) is 12.5. The van der Waals surface area contributed by atoms with Crippen molar-refractivity contribution < 1.29 is 19.1 Å². The highest BCUT2D eigenvalue weighted by Gasteiger charge is 2.30. The Bertz CT molecular complexity index is 578. The number of carbonyl (C=O) groups excluding carboxylic acids is 2. The zero-order valence-corrected chi connectivity index (χ0v) is 17.7. The van der Waals surface area contributed by atoms with Gasteiger partial charge in [0.2, 0.25) is 0 Å². The zero-order valence-electron chi connectivity index (χ0n) is 17.7. The van der Waals surface area contributed by atoms with Crippen LogP contribution in [0.1, 0.15) is 59.4 Å². The lowest BCUT2D eigenvalue weighted by Crippen LogP contribution is -2.43. The second-order valence-corrected chi connectivity index (χ2v) is 8.80. The molecule has 0 saturated carbocycles. The summed E-state index contributed by atoms with van der Waals surface area (Å²) in [7, 11) is 1.62. The predicted molar refractivity (Wildman–Crippen MR) is 108 cm³/mol. The summed E-state index contributed by atoms with van der Waals surface area (Å²) in [6.45, 7) is 11.0. The van der Waals surface area contributed by atoms with Crippen molar-refractivity contribution in [2.24, 2.45) is 5.41 Å². The third-order valence-corrected chi connectivity index (χ3v) is 4.35. The molecule has 5 nitrogen and oxygen atoms in total. The molecule has 27 heavy (non-hydrogen) atoms. The van der Waals surface area contributed by atoms with E-state index in [-0.39, 0.29) is 5.41 Å². The average molecular weight is 378 g/mol. The van der Waals surface area contributed by atoms with Gasteiger partial charge in [-0.2, -0.15) is 0 Å². The molecule has 0 fully saturated rings. The third-order valence-electron chi connectivity index (χ3n) is 4.35. The van der Waals surface area contributed by atoms with Gasteiger partial charge in [-0.15, -0.1) is 0 Å². The van der Waals surface area contributed by atoms with E-state index >= 15 is 0 Å². The molecule has 152 valence electrons. The smallest absolute Gasteiger partial charge is 0.410 e. The second-order valence-electron chi connectivity index (χ2n) is 8.80. The van der Waals surface area contributed by atoms with E-state index in [0.29, 0.717) is 19.6 Å². The molecule has 1 amide bonds. The fourth-order valence-corrected chi connectivity index (χ4v) is 2.83.